The predicted molar refractivity (Wildman–Crippen MR) is 69.5 cm³/mol. The van der Waals surface area contributed by atoms with E-state index in [1.165, 1.54) is 0 Å². The SMILES string of the molecule is CC(C)(C)[S+]([O-])N=Cc1cc(F)c(Br)cc1F. The third-order valence-electron chi connectivity index (χ3n) is 1.85. The van der Waals surface area contributed by atoms with Crippen LogP contribution in [0.25, 0.3) is 0 Å². The Labute approximate surface area is 111 Å². The first-order valence-corrected chi connectivity index (χ1v) is 6.72. The minimum Gasteiger partial charge on any atom is -0.591 e. The van der Waals surface area contributed by atoms with Gasteiger partial charge in [-0.2, -0.15) is 0 Å². The Morgan fingerprint density at radius 3 is 2.41 bits per heavy atom. The van der Waals surface area contributed by atoms with Gasteiger partial charge in [0.15, 0.2) is 0 Å². The van der Waals surface area contributed by atoms with Gasteiger partial charge in [-0.3, -0.25) is 0 Å². The highest BCUT2D eigenvalue weighted by Crippen LogP contribution is 2.20. The first-order chi connectivity index (χ1) is 7.71. The Morgan fingerprint density at radius 2 is 1.88 bits per heavy atom. The van der Waals surface area contributed by atoms with Crippen LogP contribution < -0.4 is 0 Å². The summed E-state index contributed by atoms with van der Waals surface area (Å²) in [7, 11) is 0. The molecule has 0 aliphatic carbocycles. The second-order valence-electron chi connectivity index (χ2n) is 4.38. The Balaban J connectivity index is 2.96. The van der Waals surface area contributed by atoms with Crippen molar-refractivity contribution in [3.8, 4) is 0 Å². The van der Waals surface area contributed by atoms with E-state index in [0.29, 0.717) is 0 Å². The molecule has 0 amide bonds. The molecule has 0 aromatic heterocycles. The Bertz CT molecular complexity index is 446. The number of rotatable bonds is 2. The van der Waals surface area contributed by atoms with Gasteiger partial charge < -0.3 is 4.55 Å². The third-order valence-corrected chi connectivity index (χ3v) is 3.80. The quantitative estimate of drug-likeness (QED) is 0.465. The van der Waals surface area contributed by atoms with Crippen molar-refractivity contribution in [2.24, 2.45) is 4.40 Å². The molecule has 0 spiro atoms. The molecule has 1 rings (SSSR count). The van der Waals surface area contributed by atoms with Crippen molar-refractivity contribution in [2.45, 2.75) is 25.5 Å². The smallest absolute Gasteiger partial charge is 0.144 e. The summed E-state index contributed by atoms with van der Waals surface area (Å²) in [6.45, 7) is 5.25. The van der Waals surface area contributed by atoms with Gasteiger partial charge in [-0.1, -0.05) is 4.40 Å². The van der Waals surface area contributed by atoms with Crippen LogP contribution in [0.15, 0.2) is 21.0 Å². The molecule has 0 aliphatic rings. The summed E-state index contributed by atoms with van der Waals surface area (Å²) >= 11 is 1.38. The van der Waals surface area contributed by atoms with Gasteiger partial charge in [0.25, 0.3) is 0 Å². The molecule has 0 fully saturated rings. The van der Waals surface area contributed by atoms with Crippen molar-refractivity contribution >= 4 is 33.5 Å². The highest BCUT2D eigenvalue weighted by atomic mass is 79.9. The standard InChI is InChI=1S/C11H12BrF2NOS/c1-11(2,3)17(16)15-6-7-4-10(14)8(12)5-9(7)13/h4-6H,1-3H3. The molecule has 0 aliphatic heterocycles. The van der Waals surface area contributed by atoms with Gasteiger partial charge >= 0.3 is 0 Å². The van der Waals surface area contributed by atoms with E-state index < -0.39 is 27.7 Å². The van der Waals surface area contributed by atoms with Crippen molar-refractivity contribution < 1.29 is 13.3 Å². The van der Waals surface area contributed by atoms with Crippen LogP contribution in [0.1, 0.15) is 26.3 Å². The lowest BCUT2D eigenvalue weighted by molar-refractivity contribution is 0.561. The molecular weight excluding hydrogens is 312 g/mol. The van der Waals surface area contributed by atoms with Gasteiger partial charge in [0.1, 0.15) is 27.7 Å². The van der Waals surface area contributed by atoms with E-state index in [9.17, 15) is 13.3 Å². The van der Waals surface area contributed by atoms with Crippen LogP contribution in [0.2, 0.25) is 0 Å². The Hall–Kier alpha value is -0.460. The van der Waals surface area contributed by atoms with Gasteiger partial charge in [0, 0.05) is 5.56 Å². The maximum Gasteiger partial charge on any atom is 0.144 e. The van der Waals surface area contributed by atoms with Crippen molar-refractivity contribution in [1.82, 2.24) is 0 Å². The Kier molecular flexibility index (Phi) is 4.69. The number of halogens is 3. The monoisotopic (exact) mass is 323 g/mol. The molecule has 1 unspecified atom stereocenters. The van der Waals surface area contributed by atoms with Gasteiger partial charge in [0.05, 0.1) is 10.7 Å². The molecule has 1 aromatic rings. The zero-order valence-corrected chi connectivity index (χ0v) is 12.0. The average molecular weight is 324 g/mol. The van der Waals surface area contributed by atoms with Crippen molar-refractivity contribution in [1.29, 1.82) is 0 Å². The molecule has 1 atom stereocenters. The van der Waals surface area contributed by atoms with Gasteiger partial charge in [-0.05, 0) is 48.8 Å². The molecule has 0 saturated carbocycles. The normalized spacial score (nSPS) is 14.3. The summed E-state index contributed by atoms with van der Waals surface area (Å²) < 4.78 is 41.4. The van der Waals surface area contributed by atoms with E-state index in [2.05, 4.69) is 20.3 Å². The van der Waals surface area contributed by atoms with E-state index in [0.717, 1.165) is 18.3 Å². The number of hydrogen-bond donors (Lipinski definition) is 0. The molecule has 0 radical (unpaired) electrons. The summed E-state index contributed by atoms with van der Waals surface area (Å²) in [5.41, 5.74) is -0.0247. The third kappa shape index (κ3) is 4.04. The predicted octanol–water partition coefficient (Wildman–Crippen LogP) is 3.61. The lowest BCUT2D eigenvalue weighted by atomic mass is 10.2. The van der Waals surface area contributed by atoms with Crippen LogP contribution in [0, 0.1) is 11.6 Å². The van der Waals surface area contributed by atoms with Crippen LogP contribution in [-0.4, -0.2) is 15.5 Å². The van der Waals surface area contributed by atoms with E-state index in [1.54, 1.807) is 20.8 Å². The van der Waals surface area contributed by atoms with Crippen molar-refractivity contribution in [3.05, 3.63) is 33.8 Å². The molecule has 0 bridgehead atoms. The van der Waals surface area contributed by atoms with Crippen LogP contribution >= 0.6 is 15.9 Å². The summed E-state index contributed by atoms with van der Waals surface area (Å²) in [5.74, 6) is -1.21. The van der Waals surface area contributed by atoms with Crippen molar-refractivity contribution in [3.63, 3.8) is 0 Å². The number of hydrogen-bond acceptors (Lipinski definition) is 2. The first kappa shape index (κ1) is 14.6. The summed E-state index contributed by atoms with van der Waals surface area (Å²) in [5, 5.41) is 0. The van der Waals surface area contributed by atoms with E-state index >= 15 is 0 Å². The fourth-order valence-corrected chi connectivity index (χ4v) is 1.74. The molecule has 2 nitrogen and oxygen atoms in total. The van der Waals surface area contributed by atoms with Crippen LogP contribution in [0.4, 0.5) is 8.78 Å². The van der Waals surface area contributed by atoms with Crippen LogP contribution in [0.3, 0.4) is 0 Å². The maximum absolute atomic E-state index is 13.4. The van der Waals surface area contributed by atoms with E-state index in [-0.39, 0.29) is 10.0 Å². The average Bonchev–Trinajstić information content (AvgIpc) is 2.19. The van der Waals surface area contributed by atoms with E-state index in [1.807, 2.05) is 0 Å². The Morgan fingerprint density at radius 1 is 1.29 bits per heavy atom. The zero-order chi connectivity index (χ0) is 13.2. The van der Waals surface area contributed by atoms with Gasteiger partial charge in [0.2, 0.25) is 0 Å². The van der Waals surface area contributed by atoms with Gasteiger partial charge in [-0.15, -0.1) is 0 Å². The molecule has 0 saturated heterocycles. The molecule has 6 heteroatoms. The molecule has 94 valence electrons. The second kappa shape index (κ2) is 5.46. The highest BCUT2D eigenvalue weighted by Gasteiger charge is 2.26. The van der Waals surface area contributed by atoms with Gasteiger partial charge in [-0.25, -0.2) is 8.78 Å². The van der Waals surface area contributed by atoms with Crippen LogP contribution in [-0.2, 0) is 11.4 Å². The summed E-state index contributed by atoms with van der Waals surface area (Å²) in [4.78, 5) is 0. The first-order valence-electron chi connectivity index (χ1n) is 4.82. The summed E-state index contributed by atoms with van der Waals surface area (Å²) in [6.07, 6.45) is 1.09. The molecule has 17 heavy (non-hydrogen) atoms. The zero-order valence-electron chi connectivity index (χ0n) is 9.63. The number of nitrogens with zero attached hydrogens (tertiary/aromatic N) is 1. The molecular formula is C11H12BrF2NOS. The second-order valence-corrected chi connectivity index (χ2v) is 7.17. The summed E-state index contributed by atoms with van der Waals surface area (Å²) in [6, 6.07) is 2.01. The minimum absolute atomic E-state index is 0.0247. The fourth-order valence-electron chi connectivity index (χ4n) is 0.900. The maximum atomic E-state index is 13.4. The largest absolute Gasteiger partial charge is 0.591 e. The highest BCUT2D eigenvalue weighted by molar-refractivity contribution is 9.10. The van der Waals surface area contributed by atoms with Crippen LogP contribution in [0.5, 0.6) is 0 Å². The molecule has 1 aromatic carbocycles. The number of benzene rings is 1. The minimum atomic E-state index is -1.49. The van der Waals surface area contributed by atoms with Crippen molar-refractivity contribution in [2.75, 3.05) is 0 Å². The lowest BCUT2D eigenvalue weighted by Crippen LogP contribution is -2.25. The molecule has 0 N–H and O–H groups in total. The van der Waals surface area contributed by atoms with E-state index in [4.69, 9.17) is 0 Å². The fraction of sp³-hybridized carbons (Fsp3) is 0.364. The lowest BCUT2D eigenvalue weighted by Gasteiger charge is -2.17. The molecule has 0 heterocycles. The topological polar surface area (TPSA) is 35.4 Å².